The third kappa shape index (κ3) is 6.88. The minimum Gasteiger partial charge on any atom is -0.483 e. The number of rotatable bonds is 10. The van der Waals surface area contributed by atoms with E-state index in [9.17, 15) is 8.78 Å². The van der Waals surface area contributed by atoms with Crippen molar-refractivity contribution < 1.29 is 17.9 Å². The summed E-state index contributed by atoms with van der Waals surface area (Å²) in [5.74, 6) is 0.293. The Morgan fingerprint density at radius 3 is 2.23 bits per heavy atom. The Morgan fingerprint density at radius 1 is 0.744 bits per heavy atom. The topological polar surface area (TPSA) is 9.23 Å². The first-order valence-corrected chi connectivity index (χ1v) is 15.0. The molecule has 2 aliphatic carbocycles. The molecular weight excluding hydrogens is 493 g/mol. The normalized spacial score (nSPS) is 22.9. The Hall–Kier alpha value is -2.75. The molecular formula is C35H41F3O. The maximum atomic E-state index is 15.3. The van der Waals surface area contributed by atoms with E-state index >= 15 is 4.39 Å². The zero-order valence-electron chi connectivity index (χ0n) is 23.1. The number of hydrogen-bond donors (Lipinski definition) is 0. The van der Waals surface area contributed by atoms with E-state index in [0.29, 0.717) is 5.92 Å². The highest BCUT2D eigenvalue weighted by atomic mass is 19.1. The number of unbranched alkanes of at least 4 members (excludes halogenated alkanes) is 3. The maximum absolute atomic E-state index is 15.3. The van der Waals surface area contributed by atoms with Gasteiger partial charge in [0.1, 0.15) is 12.4 Å². The fraction of sp³-hybridized carbons (Fsp3) is 0.486. The second-order valence-corrected chi connectivity index (χ2v) is 11.8. The van der Waals surface area contributed by atoms with Crippen LogP contribution in [0.3, 0.4) is 0 Å². The molecule has 4 heteroatoms. The summed E-state index contributed by atoms with van der Waals surface area (Å²) in [6.45, 7) is 2.32. The molecule has 5 rings (SSSR count). The van der Waals surface area contributed by atoms with Crippen molar-refractivity contribution >= 4 is 0 Å². The highest BCUT2D eigenvalue weighted by Gasteiger charge is 2.36. The quantitative estimate of drug-likeness (QED) is 0.235. The fourth-order valence-electron chi connectivity index (χ4n) is 7.01. The lowest BCUT2D eigenvalue weighted by molar-refractivity contribution is 0.113. The standard InChI is InChI=1S/C35H41F3O/c1-2-3-4-6-9-24-12-13-27-19-28(15-14-26(27)18-24)29-16-17-31(32(36)20-29)30-21-33(37)35(34(38)22-30)39-23-25-10-7-5-8-11-25/h5,7-8,10-11,16-17,20-22,24,26-28H,2-4,6,9,12-15,18-19,23H2,1H3/t24?,26-,27-,28-/m1/s1. The van der Waals surface area contributed by atoms with Crippen LogP contribution in [0.15, 0.2) is 60.7 Å². The Morgan fingerprint density at radius 2 is 1.49 bits per heavy atom. The van der Waals surface area contributed by atoms with Crippen LogP contribution in [0.1, 0.15) is 94.6 Å². The molecule has 1 unspecified atom stereocenters. The predicted octanol–water partition coefficient (Wildman–Crippen LogP) is 10.6. The van der Waals surface area contributed by atoms with Gasteiger partial charge in [-0.1, -0.05) is 87.9 Å². The van der Waals surface area contributed by atoms with Gasteiger partial charge in [-0.05, 0) is 90.7 Å². The summed E-state index contributed by atoms with van der Waals surface area (Å²) in [5.41, 5.74) is 2.22. The molecule has 3 aromatic carbocycles. The second-order valence-electron chi connectivity index (χ2n) is 11.8. The maximum Gasteiger partial charge on any atom is 0.191 e. The average Bonchev–Trinajstić information content (AvgIpc) is 2.95. The summed E-state index contributed by atoms with van der Waals surface area (Å²) in [6, 6.07) is 16.8. The summed E-state index contributed by atoms with van der Waals surface area (Å²) in [6.07, 6.45) is 14.3. The van der Waals surface area contributed by atoms with Crippen LogP contribution in [-0.4, -0.2) is 0 Å². The number of halogens is 3. The fourth-order valence-corrected chi connectivity index (χ4v) is 7.01. The highest BCUT2D eigenvalue weighted by molar-refractivity contribution is 5.66. The van der Waals surface area contributed by atoms with E-state index in [4.69, 9.17) is 4.74 Å². The summed E-state index contributed by atoms with van der Waals surface area (Å²) < 4.78 is 50.3. The van der Waals surface area contributed by atoms with Crippen molar-refractivity contribution in [2.75, 3.05) is 0 Å². The number of ether oxygens (including phenoxy) is 1. The summed E-state index contributed by atoms with van der Waals surface area (Å²) in [5, 5.41) is 0. The van der Waals surface area contributed by atoms with Crippen LogP contribution in [0, 0.1) is 35.2 Å². The molecule has 3 aromatic rings. The summed E-state index contributed by atoms with van der Waals surface area (Å²) in [7, 11) is 0. The van der Waals surface area contributed by atoms with Crippen molar-refractivity contribution in [2.24, 2.45) is 17.8 Å². The van der Waals surface area contributed by atoms with Crippen molar-refractivity contribution in [3.05, 3.63) is 89.2 Å². The number of benzene rings is 3. The van der Waals surface area contributed by atoms with Crippen LogP contribution in [0.4, 0.5) is 13.2 Å². The molecule has 0 heterocycles. The third-order valence-electron chi connectivity index (χ3n) is 9.19. The molecule has 0 aromatic heterocycles. The number of fused-ring (bicyclic) bond motifs is 1. The van der Waals surface area contributed by atoms with E-state index in [1.165, 1.54) is 57.8 Å². The van der Waals surface area contributed by atoms with E-state index in [1.807, 2.05) is 36.4 Å². The zero-order valence-corrected chi connectivity index (χ0v) is 23.1. The molecule has 208 valence electrons. The third-order valence-corrected chi connectivity index (χ3v) is 9.19. The van der Waals surface area contributed by atoms with Crippen LogP contribution >= 0.6 is 0 Å². The molecule has 2 fully saturated rings. The molecule has 0 amide bonds. The monoisotopic (exact) mass is 534 g/mol. The summed E-state index contributed by atoms with van der Waals surface area (Å²) >= 11 is 0. The van der Waals surface area contributed by atoms with Crippen molar-refractivity contribution in [3.63, 3.8) is 0 Å². The van der Waals surface area contributed by atoms with Gasteiger partial charge in [-0.15, -0.1) is 0 Å². The lowest BCUT2D eigenvalue weighted by Gasteiger charge is -2.42. The van der Waals surface area contributed by atoms with Crippen LogP contribution in [0.2, 0.25) is 0 Å². The highest BCUT2D eigenvalue weighted by Crippen LogP contribution is 2.48. The van der Waals surface area contributed by atoms with Crippen molar-refractivity contribution in [1.82, 2.24) is 0 Å². The van der Waals surface area contributed by atoms with Gasteiger partial charge in [0.25, 0.3) is 0 Å². The molecule has 2 aliphatic rings. The largest absolute Gasteiger partial charge is 0.483 e. The van der Waals surface area contributed by atoms with Crippen LogP contribution in [0.25, 0.3) is 11.1 Å². The molecule has 2 saturated carbocycles. The summed E-state index contributed by atoms with van der Waals surface area (Å²) in [4.78, 5) is 0. The van der Waals surface area contributed by atoms with Gasteiger partial charge in [0.15, 0.2) is 17.4 Å². The Labute approximate surface area is 231 Å². The molecule has 0 spiro atoms. The average molecular weight is 535 g/mol. The molecule has 0 saturated heterocycles. The van der Waals surface area contributed by atoms with Crippen LogP contribution in [0.5, 0.6) is 5.75 Å². The van der Waals surface area contributed by atoms with Gasteiger partial charge < -0.3 is 4.74 Å². The van der Waals surface area contributed by atoms with Crippen LogP contribution in [-0.2, 0) is 6.61 Å². The Balaban J connectivity index is 1.21. The minimum absolute atomic E-state index is 0.0555. The van der Waals surface area contributed by atoms with E-state index in [-0.39, 0.29) is 17.7 Å². The molecule has 0 bridgehead atoms. The van der Waals surface area contributed by atoms with Gasteiger partial charge in [-0.25, -0.2) is 13.2 Å². The van der Waals surface area contributed by atoms with Gasteiger partial charge in [-0.3, -0.25) is 0 Å². The van der Waals surface area contributed by atoms with Crippen molar-refractivity contribution in [1.29, 1.82) is 0 Å². The lowest BCUT2D eigenvalue weighted by Crippen LogP contribution is -2.30. The van der Waals surface area contributed by atoms with Gasteiger partial charge in [0.2, 0.25) is 0 Å². The SMILES string of the molecule is CCCCCCC1CC[C@@H]2C[C@H](c3ccc(-c4cc(F)c(OCc5ccccc5)c(F)c4)c(F)c3)CC[C@@H]2C1. The van der Waals surface area contributed by atoms with E-state index in [0.717, 1.165) is 53.9 Å². The zero-order chi connectivity index (χ0) is 27.2. The first-order chi connectivity index (χ1) is 19.0. The minimum atomic E-state index is -0.830. The van der Waals surface area contributed by atoms with Crippen molar-refractivity contribution in [3.8, 4) is 16.9 Å². The molecule has 0 aliphatic heterocycles. The van der Waals surface area contributed by atoms with Crippen LogP contribution < -0.4 is 4.74 Å². The van der Waals surface area contributed by atoms with Gasteiger partial charge in [0.05, 0.1) is 0 Å². The lowest BCUT2D eigenvalue weighted by atomic mass is 9.63. The van der Waals surface area contributed by atoms with Gasteiger partial charge in [-0.2, -0.15) is 0 Å². The van der Waals surface area contributed by atoms with Gasteiger partial charge >= 0.3 is 0 Å². The van der Waals surface area contributed by atoms with E-state index in [2.05, 4.69) is 6.92 Å². The number of hydrogen-bond acceptors (Lipinski definition) is 1. The molecule has 0 radical (unpaired) electrons. The predicted molar refractivity (Wildman–Crippen MR) is 152 cm³/mol. The first-order valence-electron chi connectivity index (χ1n) is 15.0. The van der Waals surface area contributed by atoms with E-state index < -0.39 is 23.2 Å². The Bertz CT molecular complexity index is 1200. The first kappa shape index (κ1) is 27.8. The smallest absolute Gasteiger partial charge is 0.191 e. The molecule has 39 heavy (non-hydrogen) atoms. The Kier molecular flexibility index (Phi) is 9.32. The second kappa shape index (κ2) is 13.1. The van der Waals surface area contributed by atoms with E-state index in [1.54, 1.807) is 12.1 Å². The molecule has 1 nitrogen and oxygen atoms in total. The van der Waals surface area contributed by atoms with Gasteiger partial charge in [0, 0.05) is 5.56 Å². The molecule has 4 atom stereocenters. The molecule has 0 N–H and O–H groups in total. The van der Waals surface area contributed by atoms with Crippen molar-refractivity contribution in [2.45, 2.75) is 90.1 Å².